The fourth-order valence-electron chi connectivity index (χ4n) is 3.96. The Morgan fingerprint density at radius 1 is 1.03 bits per heavy atom. The van der Waals surface area contributed by atoms with Crippen molar-refractivity contribution >= 4 is 16.8 Å². The lowest BCUT2D eigenvalue weighted by atomic mass is 9.95. The zero-order valence-electron chi connectivity index (χ0n) is 17.3. The molecule has 4 aromatic rings. The number of benzene rings is 1. The van der Waals surface area contributed by atoms with Gasteiger partial charge >= 0.3 is 0 Å². The largest absolute Gasteiger partial charge is 0.390 e. The Kier molecular flexibility index (Phi) is 3.96. The number of hydrogen-bond acceptors (Lipinski definition) is 5. The van der Waals surface area contributed by atoms with Gasteiger partial charge < -0.3 is 5.11 Å². The van der Waals surface area contributed by atoms with E-state index in [-0.39, 0.29) is 0 Å². The third-order valence-corrected chi connectivity index (χ3v) is 5.54. The highest BCUT2D eigenvalue weighted by molar-refractivity contribution is 5.78. The summed E-state index contributed by atoms with van der Waals surface area (Å²) >= 11 is 0. The molecule has 0 amide bonds. The zero-order chi connectivity index (χ0) is 20.3. The normalized spacial score (nSPS) is 14.8. The molecule has 0 saturated heterocycles. The summed E-state index contributed by atoms with van der Waals surface area (Å²) in [4.78, 5) is 9.66. The smallest absolute Gasteiger partial charge is 0.184 e. The van der Waals surface area contributed by atoms with Crippen molar-refractivity contribution in [1.29, 1.82) is 0 Å². The van der Waals surface area contributed by atoms with E-state index in [1.165, 1.54) is 12.8 Å². The molecule has 0 unspecified atom stereocenters. The molecule has 1 N–H and O–H groups in total. The average molecular weight is 387 g/mol. The minimum Gasteiger partial charge on any atom is -0.390 e. The first-order valence-electron chi connectivity index (χ1n) is 10.1. The van der Waals surface area contributed by atoms with E-state index >= 15 is 0 Å². The second-order valence-corrected chi connectivity index (χ2v) is 8.87. The van der Waals surface area contributed by atoms with Gasteiger partial charge in [-0.05, 0) is 69.9 Å². The molecule has 0 aliphatic heterocycles. The van der Waals surface area contributed by atoms with Crippen molar-refractivity contribution in [2.24, 2.45) is 0 Å². The zero-order valence-corrected chi connectivity index (χ0v) is 17.3. The highest BCUT2D eigenvalue weighted by Gasteiger charge is 2.26. The summed E-state index contributed by atoms with van der Waals surface area (Å²) in [6.07, 6.45) is 2.98. The summed E-state index contributed by atoms with van der Waals surface area (Å²) in [5.41, 5.74) is 6.77. The van der Waals surface area contributed by atoms with Gasteiger partial charge in [-0.25, -0.2) is 9.97 Å². The third kappa shape index (κ3) is 3.27. The molecule has 1 fully saturated rings. The summed E-state index contributed by atoms with van der Waals surface area (Å²) in [5.74, 6) is 1.33. The van der Waals surface area contributed by atoms with Crippen LogP contribution in [-0.2, 0) is 6.42 Å². The molecule has 0 radical (unpaired) electrons. The van der Waals surface area contributed by atoms with Gasteiger partial charge in [0, 0.05) is 23.6 Å². The predicted octanol–water partition coefficient (Wildman–Crippen LogP) is 4.15. The minimum absolute atomic E-state index is 0.563. The standard InChI is InChI=1S/C23H25N5O/c1-13-5-6-15(12-23(3,4)29)11-17(13)21-27-26-20-14(2)24-19-10-9-18(16-7-8-16)25-22(19)28(20)21/h5-6,9-11,16,29H,7-8,12H2,1-4H3. The molecule has 5 rings (SSSR count). The fraction of sp³-hybridized carbons (Fsp3) is 0.391. The molecule has 0 atom stereocenters. The van der Waals surface area contributed by atoms with Crippen LogP contribution in [0.15, 0.2) is 30.3 Å². The van der Waals surface area contributed by atoms with Crippen LogP contribution in [0.4, 0.5) is 0 Å². The number of hydrogen-bond donors (Lipinski definition) is 1. The Morgan fingerprint density at radius 3 is 2.55 bits per heavy atom. The Labute approximate surface area is 169 Å². The molecule has 1 aliphatic carbocycles. The highest BCUT2D eigenvalue weighted by atomic mass is 16.3. The molecule has 148 valence electrons. The van der Waals surface area contributed by atoms with Crippen LogP contribution in [0.5, 0.6) is 0 Å². The molecule has 1 aromatic carbocycles. The molecule has 0 spiro atoms. The van der Waals surface area contributed by atoms with Gasteiger partial charge in [0.05, 0.1) is 11.3 Å². The maximum absolute atomic E-state index is 10.2. The van der Waals surface area contributed by atoms with Crippen molar-refractivity contribution in [2.75, 3.05) is 0 Å². The third-order valence-electron chi connectivity index (χ3n) is 5.54. The maximum atomic E-state index is 10.2. The van der Waals surface area contributed by atoms with Crippen molar-refractivity contribution < 1.29 is 5.11 Å². The number of aromatic nitrogens is 5. The van der Waals surface area contributed by atoms with E-state index in [9.17, 15) is 5.11 Å². The molecule has 29 heavy (non-hydrogen) atoms. The van der Waals surface area contributed by atoms with Crippen molar-refractivity contribution in [2.45, 2.75) is 58.5 Å². The number of nitrogens with zero attached hydrogens (tertiary/aromatic N) is 5. The highest BCUT2D eigenvalue weighted by Crippen LogP contribution is 2.39. The van der Waals surface area contributed by atoms with Crippen LogP contribution in [0.1, 0.15) is 55.1 Å². The van der Waals surface area contributed by atoms with Crippen LogP contribution >= 0.6 is 0 Å². The van der Waals surface area contributed by atoms with E-state index in [0.717, 1.165) is 50.7 Å². The van der Waals surface area contributed by atoms with Gasteiger partial charge in [0.15, 0.2) is 17.1 Å². The first-order chi connectivity index (χ1) is 13.8. The lowest BCUT2D eigenvalue weighted by molar-refractivity contribution is 0.0810. The average Bonchev–Trinajstić information content (AvgIpc) is 3.40. The van der Waals surface area contributed by atoms with Crippen molar-refractivity contribution in [1.82, 2.24) is 24.6 Å². The van der Waals surface area contributed by atoms with Gasteiger partial charge in [0.25, 0.3) is 0 Å². The van der Waals surface area contributed by atoms with Crippen LogP contribution in [-0.4, -0.2) is 35.3 Å². The second-order valence-electron chi connectivity index (χ2n) is 8.87. The Hall–Kier alpha value is -2.86. The molecule has 1 aliphatic rings. The second kappa shape index (κ2) is 6.32. The molecule has 6 nitrogen and oxygen atoms in total. The van der Waals surface area contributed by atoms with Gasteiger partial charge in [0.1, 0.15) is 5.52 Å². The topological polar surface area (TPSA) is 76.2 Å². The molecule has 1 saturated carbocycles. The fourth-order valence-corrected chi connectivity index (χ4v) is 3.96. The van der Waals surface area contributed by atoms with Crippen LogP contribution in [0.2, 0.25) is 0 Å². The molecule has 3 aromatic heterocycles. The summed E-state index contributed by atoms with van der Waals surface area (Å²) in [7, 11) is 0. The van der Waals surface area contributed by atoms with Crippen LogP contribution in [0.3, 0.4) is 0 Å². The van der Waals surface area contributed by atoms with Gasteiger partial charge in [0.2, 0.25) is 0 Å². The SMILES string of the molecule is Cc1ccc(CC(C)(C)O)cc1-c1nnc2c(C)nc3ccc(C4CC4)nc3n12. The van der Waals surface area contributed by atoms with Crippen molar-refractivity contribution in [3.05, 3.63) is 52.8 Å². The van der Waals surface area contributed by atoms with Crippen LogP contribution in [0.25, 0.3) is 28.2 Å². The monoisotopic (exact) mass is 387 g/mol. The molecule has 0 bridgehead atoms. The van der Waals surface area contributed by atoms with Gasteiger partial charge in [-0.15, -0.1) is 10.2 Å². The first-order valence-corrected chi connectivity index (χ1v) is 10.1. The first kappa shape index (κ1) is 18.2. The van der Waals surface area contributed by atoms with E-state index in [0.29, 0.717) is 12.3 Å². The quantitative estimate of drug-likeness (QED) is 0.569. The predicted molar refractivity (Wildman–Crippen MR) is 113 cm³/mol. The van der Waals surface area contributed by atoms with Crippen molar-refractivity contribution in [3.8, 4) is 11.4 Å². The summed E-state index contributed by atoms with van der Waals surface area (Å²) < 4.78 is 2.04. The lowest BCUT2D eigenvalue weighted by Crippen LogP contribution is -2.21. The number of aliphatic hydroxyl groups is 1. The summed E-state index contributed by atoms with van der Waals surface area (Å²) in [5, 5.41) is 19.2. The number of pyridine rings is 1. The van der Waals surface area contributed by atoms with E-state index < -0.39 is 5.60 Å². The van der Waals surface area contributed by atoms with E-state index in [1.807, 2.05) is 25.2 Å². The van der Waals surface area contributed by atoms with Gasteiger partial charge in [-0.3, -0.25) is 4.40 Å². The number of fused-ring (bicyclic) bond motifs is 3. The Bertz CT molecular complexity index is 1250. The Balaban J connectivity index is 1.76. The molecule has 6 heteroatoms. The van der Waals surface area contributed by atoms with Crippen LogP contribution < -0.4 is 0 Å². The van der Waals surface area contributed by atoms with E-state index in [4.69, 9.17) is 9.97 Å². The number of rotatable bonds is 4. The van der Waals surface area contributed by atoms with E-state index in [2.05, 4.69) is 47.5 Å². The molecular weight excluding hydrogens is 362 g/mol. The Morgan fingerprint density at radius 2 is 1.83 bits per heavy atom. The number of aryl methyl sites for hydroxylation is 2. The summed E-state index contributed by atoms with van der Waals surface area (Å²) in [6, 6.07) is 10.4. The van der Waals surface area contributed by atoms with Crippen molar-refractivity contribution in [3.63, 3.8) is 0 Å². The minimum atomic E-state index is -0.770. The summed E-state index contributed by atoms with van der Waals surface area (Å²) in [6.45, 7) is 7.68. The van der Waals surface area contributed by atoms with Gasteiger partial charge in [-0.1, -0.05) is 12.1 Å². The lowest BCUT2D eigenvalue weighted by Gasteiger charge is -2.18. The van der Waals surface area contributed by atoms with Crippen LogP contribution in [0, 0.1) is 13.8 Å². The molecule has 3 heterocycles. The maximum Gasteiger partial charge on any atom is 0.184 e. The van der Waals surface area contributed by atoms with Gasteiger partial charge in [-0.2, -0.15) is 0 Å². The van der Waals surface area contributed by atoms with E-state index in [1.54, 1.807) is 0 Å². The molecular formula is C23H25N5O.